The summed E-state index contributed by atoms with van der Waals surface area (Å²) >= 11 is 0. The van der Waals surface area contributed by atoms with Crippen LogP contribution in [0.2, 0.25) is 0 Å². The summed E-state index contributed by atoms with van der Waals surface area (Å²) in [4.78, 5) is 12.1. The van der Waals surface area contributed by atoms with E-state index in [1.165, 1.54) is 11.1 Å². The highest BCUT2D eigenvalue weighted by Crippen LogP contribution is 2.50. The van der Waals surface area contributed by atoms with Crippen molar-refractivity contribution in [2.75, 3.05) is 18.5 Å². The van der Waals surface area contributed by atoms with Gasteiger partial charge in [-0.1, -0.05) is 42.0 Å². The van der Waals surface area contributed by atoms with Gasteiger partial charge in [0.1, 0.15) is 0 Å². The molecule has 1 fully saturated rings. The number of aryl methyl sites for hydroxylation is 1. The van der Waals surface area contributed by atoms with Crippen molar-refractivity contribution >= 4 is 11.6 Å². The number of ether oxygens (including phenoxy) is 1. The van der Waals surface area contributed by atoms with Crippen molar-refractivity contribution in [1.29, 1.82) is 0 Å². The highest BCUT2D eigenvalue weighted by molar-refractivity contribution is 5.79. The zero-order valence-corrected chi connectivity index (χ0v) is 16.4. The fraction of sp³-hybridized carbons (Fsp3) is 0.435. The summed E-state index contributed by atoms with van der Waals surface area (Å²) in [6.07, 6.45) is 0.846. The number of nitrogens with one attached hydrogen (secondary N) is 2. The van der Waals surface area contributed by atoms with Crippen LogP contribution in [0.4, 0.5) is 5.69 Å². The Kier molecular flexibility index (Phi) is 5.38. The molecule has 28 heavy (non-hydrogen) atoms. The summed E-state index contributed by atoms with van der Waals surface area (Å²) < 4.78 is 6.13. The first-order valence-electron chi connectivity index (χ1n) is 10.0. The second-order valence-corrected chi connectivity index (χ2v) is 8.03. The molecule has 5 nitrogen and oxygen atoms in total. The minimum absolute atomic E-state index is 0.0576. The smallest absolute Gasteiger partial charge is 0.224 e. The monoisotopic (exact) mass is 380 g/mol. The molecule has 1 saturated heterocycles. The highest BCUT2D eigenvalue weighted by Gasteiger charge is 2.41. The van der Waals surface area contributed by atoms with Crippen LogP contribution in [-0.4, -0.2) is 30.3 Å². The number of aliphatic hydroxyl groups is 1. The Labute approximate surface area is 166 Å². The Balaban J connectivity index is 1.57. The Morgan fingerprint density at radius 2 is 2.18 bits per heavy atom. The van der Waals surface area contributed by atoms with Crippen molar-refractivity contribution in [2.45, 2.75) is 44.9 Å². The van der Waals surface area contributed by atoms with E-state index in [4.69, 9.17) is 4.74 Å². The van der Waals surface area contributed by atoms with Gasteiger partial charge in [-0.2, -0.15) is 0 Å². The van der Waals surface area contributed by atoms with Gasteiger partial charge in [0.15, 0.2) is 0 Å². The average Bonchev–Trinajstić information content (AvgIpc) is 3.16. The molecular weight excluding hydrogens is 352 g/mol. The Hall–Kier alpha value is -2.37. The predicted molar refractivity (Wildman–Crippen MR) is 109 cm³/mol. The zero-order valence-electron chi connectivity index (χ0n) is 16.4. The van der Waals surface area contributed by atoms with E-state index in [9.17, 15) is 9.90 Å². The first kappa shape index (κ1) is 19.0. The van der Waals surface area contributed by atoms with E-state index in [1.807, 2.05) is 6.07 Å². The summed E-state index contributed by atoms with van der Waals surface area (Å²) in [5.74, 6) is 0.305. The molecule has 0 aliphatic carbocycles. The van der Waals surface area contributed by atoms with Crippen LogP contribution in [0.1, 0.15) is 47.7 Å². The summed E-state index contributed by atoms with van der Waals surface area (Å²) in [6, 6.07) is 15.1. The molecule has 1 amide bonds. The van der Waals surface area contributed by atoms with Crippen LogP contribution >= 0.6 is 0 Å². The second-order valence-electron chi connectivity index (χ2n) is 8.03. The molecule has 0 aromatic heterocycles. The number of carbonyl (C=O) groups excluding carboxylic acids is 1. The van der Waals surface area contributed by atoms with Gasteiger partial charge in [0.2, 0.25) is 5.91 Å². The summed E-state index contributed by atoms with van der Waals surface area (Å²) in [6.45, 7) is 4.82. The number of aliphatic hydroxyl groups excluding tert-OH is 1. The van der Waals surface area contributed by atoms with E-state index in [1.54, 1.807) is 6.92 Å². The molecule has 148 valence electrons. The SMILES string of the molecule is Cc1cccc([C@H]2Nc3ccc(CC(=O)NC[C@@H](C)O)cc3[C@@H]3OCCC23)c1. The number of anilines is 1. The molecule has 0 radical (unpaired) electrons. The van der Waals surface area contributed by atoms with Crippen LogP contribution in [0.15, 0.2) is 42.5 Å². The fourth-order valence-corrected chi connectivity index (χ4v) is 4.34. The lowest BCUT2D eigenvalue weighted by Crippen LogP contribution is -2.32. The van der Waals surface area contributed by atoms with Gasteiger partial charge >= 0.3 is 0 Å². The molecule has 3 N–H and O–H groups in total. The number of fused-ring (bicyclic) bond motifs is 3. The van der Waals surface area contributed by atoms with Gasteiger partial charge in [-0.15, -0.1) is 0 Å². The zero-order chi connectivity index (χ0) is 19.7. The molecule has 0 bridgehead atoms. The lowest BCUT2D eigenvalue weighted by molar-refractivity contribution is -0.120. The van der Waals surface area contributed by atoms with Crippen molar-refractivity contribution in [3.63, 3.8) is 0 Å². The fourth-order valence-electron chi connectivity index (χ4n) is 4.34. The van der Waals surface area contributed by atoms with Crippen molar-refractivity contribution in [1.82, 2.24) is 5.32 Å². The molecular formula is C23H28N2O3. The molecule has 2 heterocycles. The number of amides is 1. The normalized spacial score (nSPS) is 24.0. The second kappa shape index (κ2) is 7.94. The summed E-state index contributed by atoms with van der Waals surface area (Å²) in [5.41, 5.74) is 5.76. The number of carbonyl (C=O) groups is 1. The molecule has 4 atom stereocenters. The molecule has 4 rings (SSSR count). The van der Waals surface area contributed by atoms with Crippen LogP contribution < -0.4 is 10.6 Å². The van der Waals surface area contributed by atoms with Gasteiger partial charge in [-0.05, 0) is 37.5 Å². The molecule has 1 unspecified atom stereocenters. The number of rotatable bonds is 5. The number of hydrogen-bond donors (Lipinski definition) is 3. The lowest BCUT2D eigenvalue weighted by Gasteiger charge is -2.37. The van der Waals surface area contributed by atoms with E-state index in [-0.39, 0.29) is 24.6 Å². The molecule has 2 aromatic rings. The van der Waals surface area contributed by atoms with E-state index >= 15 is 0 Å². The van der Waals surface area contributed by atoms with Gasteiger partial charge in [0.25, 0.3) is 0 Å². The summed E-state index contributed by atoms with van der Waals surface area (Å²) in [5, 5.41) is 15.8. The largest absolute Gasteiger partial charge is 0.392 e. The molecule has 2 aliphatic rings. The first-order chi connectivity index (χ1) is 13.5. The molecule has 2 aromatic carbocycles. The maximum Gasteiger partial charge on any atom is 0.224 e. The van der Waals surface area contributed by atoms with Gasteiger partial charge < -0.3 is 20.5 Å². The van der Waals surface area contributed by atoms with Gasteiger partial charge in [-0.3, -0.25) is 4.79 Å². The number of benzene rings is 2. The number of hydrogen-bond acceptors (Lipinski definition) is 4. The Morgan fingerprint density at radius 3 is 2.96 bits per heavy atom. The standard InChI is InChI=1S/C23H28N2O3/c1-14-4-3-5-17(10-14)22-18-8-9-28-23(18)19-11-16(6-7-20(19)25-22)12-21(27)24-13-15(2)26/h3-7,10-11,15,18,22-23,25-26H,8-9,12-13H2,1-2H3,(H,24,27)/t15-,18?,22-,23-/m1/s1. The van der Waals surface area contributed by atoms with Crippen LogP contribution in [0, 0.1) is 12.8 Å². The average molecular weight is 380 g/mol. The highest BCUT2D eigenvalue weighted by atomic mass is 16.5. The third-order valence-electron chi connectivity index (χ3n) is 5.66. The third-order valence-corrected chi connectivity index (χ3v) is 5.66. The van der Waals surface area contributed by atoms with Crippen molar-refractivity contribution in [3.05, 3.63) is 64.7 Å². The molecule has 2 aliphatic heterocycles. The lowest BCUT2D eigenvalue weighted by atomic mass is 9.80. The van der Waals surface area contributed by atoms with E-state index in [0.717, 1.165) is 29.8 Å². The topological polar surface area (TPSA) is 70.6 Å². The van der Waals surface area contributed by atoms with Crippen LogP contribution in [-0.2, 0) is 16.0 Å². The minimum Gasteiger partial charge on any atom is -0.392 e. The molecule has 0 saturated carbocycles. The van der Waals surface area contributed by atoms with E-state index in [2.05, 4.69) is 54.0 Å². The molecule has 0 spiro atoms. The van der Waals surface area contributed by atoms with Crippen LogP contribution in [0.25, 0.3) is 0 Å². The van der Waals surface area contributed by atoms with Crippen molar-refractivity contribution in [2.24, 2.45) is 5.92 Å². The van der Waals surface area contributed by atoms with Crippen molar-refractivity contribution in [3.8, 4) is 0 Å². The van der Waals surface area contributed by atoms with Gasteiger partial charge in [0.05, 0.1) is 24.7 Å². The maximum atomic E-state index is 12.1. The minimum atomic E-state index is -0.539. The van der Waals surface area contributed by atoms with E-state index in [0.29, 0.717) is 12.3 Å². The molecule has 5 heteroatoms. The quantitative estimate of drug-likeness (QED) is 0.745. The first-order valence-corrected chi connectivity index (χ1v) is 10.0. The van der Waals surface area contributed by atoms with Gasteiger partial charge in [-0.25, -0.2) is 0 Å². The van der Waals surface area contributed by atoms with Crippen LogP contribution in [0.5, 0.6) is 0 Å². The predicted octanol–water partition coefficient (Wildman–Crippen LogP) is 3.28. The maximum absolute atomic E-state index is 12.1. The van der Waals surface area contributed by atoms with Crippen LogP contribution in [0.3, 0.4) is 0 Å². The van der Waals surface area contributed by atoms with Crippen molar-refractivity contribution < 1.29 is 14.6 Å². The summed E-state index contributed by atoms with van der Waals surface area (Å²) in [7, 11) is 0. The Morgan fingerprint density at radius 1 is 1.32 bits per heavy atom. The Bertz CT molecular complexity index is 865. The van der Waals surface area contributed by atoms with Gasteiger partial charge in [0, 0.05) is 30.3 Å². The van der Waals surface area contributed by atoms with E-state index < -0.39 is 6.10 Å². The third kappa shape index (κ3) is 3.91.